The highest BCUT2D eigenvalue weighted by Crippen LogP contribution is 2.29. The summed E-state index contributed by atoms with van der Waals surface area (Å²) in [4.78, 5) is 13.8. The Bertz CT molecular complexity index is 417. The van der Waals surface area contributed by atoms with Gasteiger partial charge < -0.3 is 36.2 Å². The number of methoxy groups -OCH3 is 1. The van der Waals surface area contributed by atoms with Gasteiger partial charge in [0.2, 0.25) is 0 Å². The number of carbonyl (C=O) groups excluding carboxylic acids is 1. The van der Waals surface area contributed by atoms with E-state index >= 15 is 0 Å². The lowest BCUT2D eigenvalue weighted by atomic mass is 10.2. The topological polar surface area (TPSA) is 84.9 Å². The van der Waals surface area contributed by atoms with E-state index in [2.05, 4.69) is 18.7 Å². The summed E-state index contributed by atoms with van der Waals surface area (Å²) in [7, 11) is 5.85. The van der Waals surface area contributed by atoms with Crippen LogP contribution < -0.4 is 0 Å². The molecule has 0 aliphatic carbocycles. The summed E-state index contributed by atoms with van der Waals surface area (Å²) in [5, 5.41) is 0. The number of rotatable bonds is 18. The van der Waals surface area contributed by atoms with E-state index in [4.69, 9.17) is 31.3 Å². The molecular formula is C19H43NO8Si2. The summed E-state index contributed by atoms with van der Waals surface area (Å²) in [5.41, 5.74) is 0.284. The van der Waals surface area contributed by atoms with E-state index in [1.807, 2.05) is 0 Å². The lowest BCUT2D eigenvalue weighted by Gasteiger charge is -2.33. The zero-order valence-electron chi connectivity index (χ0n) is 20.3. The lowest BCUT2D eigenvalue weighted by molar-refractivity contribution is -0.140. The van der Waals surface area contributed by atoms with Gasteiger partial charge in [0.05, 0.1) is 7.11 Å². The highest BCUT2D eigenvalue weighted by Gasteiger charge is 2.45. The van der Waals surface area contributed by atoms with Crippen molar-refractivity contribution in [3.05, 3.63) is 0 Å². The molecule has 0 aromatic rings. The van der Waals surface area contributed by atoms with Gasteiger partial charge in [0.25, 0.3) is 0 Å². The Labute approximate surface area is 185 Å². The van der Waals surface area contributed by atoms with E-state index in [9.17, 15) is 4.79 Å². The van der Waals surface area contributed by atoms with Crippen LogP contribution in [0.5, 0.6) is 0 Å². The van der Waals surface area contributed by atoms with Crippen LogP contribution in [0.15, 0.2) is 0 Å². The Morgan fingerprint density at radius 2 is 1.07 bits per heavy atom. The van der Waals surface area contributed by atoms with Crippen molar-refractivity contribution in [1.29, 1.82) is 0 Å². The van der Waals surface area contributed by atoms with Crippen LogP contribution in [0.4, 0.5) is 0 Å². The van der Waals surface area contributed by atoms with Crippen molar-refractivity contribution < 1.29 is 36.1 Å². The number of carbonyl (C=O) groups is 1. The van der Waals surface area contributed by atoms with Crippen molar-refractivity contribution in [2.45, 2.75) is 50.6 Å². The number of nitrogens with zero attached hydrogens (tertiary/aromatic N) is 1. The first-order valence-electron chi connectivity index (χ1n) is 10.3. The second kappa shape index (κ2) is 15.4. The molecule has 0 aromatic heterocycles. The van der Waals surface area contributed by atoms with Gasteiger partial charge in [-0.3, -0.25) is 4.79 Å². The molecule has 0 saturated carbocycles. The lowest BCUT2D eigenvalue weighted by Crippen LogP contribution is -2.48. The fraction of sp³-hybridized carbons (Fsp3) is 0.947. The van der Waals surface area contributed by atoms with Gasteiger partial charge in [-0.05, 0) is 38.9 Å². The van der Waals surface area contributed by atoms with Crippen molar-refractivity contribution in [3.8, 4) is 0 Å². The van der Waals surface area contributed by atoms with Crippen LogP contribution in [0.3, 0.4) is 0 Å². The smallest absolute Gasteiger partial charge is 0.469 e. The Kier molecular flexibility index (Phi) is 15.2. The fourth-order valence-corrected chi connectivity index (χ4v) is 8.08. The molecule has 0 rings (SSSR count). The Balaban J connectivity index is 5.03. The van der Waals surface area contributed by atoms with Crippen molar-refractivity contribution >= 4 is 23.6 Å². The van der Waals surface area contributed by atoms with Crippen molar-refractivity contribution in [2.24, 2.45) is 0 Å². The van der Waals surface area contributed by atoms with Crippen LogP contribution in [0.1, 0.15) is 39.5 Å². The minimum absolute atomic E-state index is 0.142. The van der Waals surface area contributed by atoms with Gasteiger partial charge in [0, 0.05) is 60.2 Å². The number of esters is 1. The van der Waals surface area contributed by atoms with E-state index < -0.39 is 17.6 Å². The summed E-state index contributed by atoms with van der Waals surface area (Å²) in [5.74, 6) is -0.189. The molecule has 0 amide bonds. The van der Waals surface area contributed by atoms with Gasteiger partial charge in [0.15, 0.2) is 0 Å². The van der Waals surface area contributed by atoms with E-state index in [-0.39, 0.29) is 17.1 Å². The molecule has 30 heavy (non-hydrogen) atoms. The molecule has 0 heterocycles. The molecule has 0 aliphatic heterocycles. The molecule has 0 spiro atoms. The number of hydrogen-bond acceptors (Lipinski definition) is 9. The molecule has 0 saturated heterocycles. The second-order valence-electron chi connectivity index (χ2n) is 7.33. The van der Waals surface area contributed by atoms with Gasteiger partial charge >= 0.3 is 23.6 Å². The summed E-state index contributed by atoms with van der Waals surface area (Å²) < 4.78 is 38.4. The monoisotopic (exact) mass is 469 g/mol. The molecule has 0 fully saturated rings. The van der Waals surface area contributed by atoms with Crippen LogP contribution in [0, 0.1) is 0 Å². The van der Waals surface area contributed by atoms with Gasteiger partial charge in [-0.2, -0.15) is 0 Å². The van der Waals surface area contributed by atoms with Crippen molar-refractivity contribution in [3.63, 3.8) is 0 Å². The third-order valence-electron chi connectivity index (χ3n) is 5.75. The van der Waals surface area contributed by atoms with Crippen molar-refractivity contribution in [1.82, 2.24) is 4.90 Å². The highest BCUT2D eigenvalue weighted by atomic mass is 28.4. The average molecular weight is 470 g/mol. The first kappa shape index (κ1) is 29.6. The number of hydrogen-bond donors (Lipinski definition) is 0. The molecule has 0 aliphatic rings. The first-order chi connectivity index (χ1) is 14.2. The largest absolute Gasteiger partial charge is 0.503 e. The summed E-state index contributed by atoms with van der Waals surface area (Å²) in [6, 6.07) is 0. The van der Waals surface area contributed by atoms with Gasteiger partial charge in [0.1, 0.15) is 0 Å². The highest BCUT2D eigenvalue weighted by molar-refractivity contribution is 6.62. The predicted octanol–water partition coefficient (Wildman–Crippen LogP) is 2.56. The van der Waals surface area contributed by atoms with Gasteiger partial charge in [-0.25, -0.2) is 0 Å². The van der Waals surface area contributed by atoms with Gasteiger partial charge in [-0.15, -0.1) is 0 Å². The SMILES string of the molecule is COC(=O)CCCN(CCC(C)[Si](OC)(OC)OC)CCC(C)[Si](OC)(OC)OC. The molecule has 2 unspecified atom stereocenters. The molecule has 0 N–H and O–H groups in total. The standard InChI is InChI=1S/C19H43NO8Si2/c1-17(29(23-4,24-5)25-6)12-15-20(14-10-11-19(21)22-3)16-13-18(2)30(26-7,27-8)28-9/h17-18H,10-16H2,1-9H3. The summed E-state index contributed by atoms with van der Waals surface area (Å²) in [6.45, 7) is 6.65. The zero-order chi connectivity index (χ0) is 23.2. The normalized spacial score (nSPS) is 14.7. The zero-order valence-corrected chi connectivity index (χ0v) is 22.3. The Hall–Kier alpha value is -0.376. The van der Waals surface area contributed by atoms with Crippen LogP contribution in [0.2, 0.25) is 11.1 Å². The number of ether oxygens (including phenoxy) is 1. The Morgan fingerprint density at radius 3 is 1.37 bits per heavy atom. The van der Waals surface area contributed by atoms with E-state index in [0.717, 1.165) is 38.9 Å². The van der Waals surface area contributed by atoms with Crippen molar-refractivity contribution in [2.75, 3.05) is 69.4 Å². The maximum atomic E-state index is 11.5. The summed E-state index contributed by atoms with van der Waals surface area (Å²) >= 11 is 0. The first-order valence-corrected chi connectivity index (χ1v) is 13.9. The van der Waals surface area contributed by atoms with Crippen LogP contribution in [-0.4, -0.2) is 97.9 Å². The fourth-order valence-electron chi connectivity index (χ4n) is 3.70. The molecule has 0 radical (unpaired) electrons. The summed E-state index contributed by atoms with van der Waals surface area (Å²) in [6.07, 6.45) is 2.85. The van der Waals surface area contributed by atoms with E-state index in [1.165, 1.54) is 7.11 Å². The molecule has 180 valence electrons. The second-order valence-corrected chi connectivity index (χ2v) is 14.2. The molecule has 0 aromatic carbocycles. The quantitative estimate of drug-likeness (QED) is 0.222. The third kappa shape index (κ3) is 8.63. The minimum Gasteiger partial charge on any atom is -0.469 e. The van der Waals surface area contributed by atoms with E-state index in [0.29, 0.717) is 6.42 Å². The van der Waals surface area contributed by atoms with E-state index in [1.54, 1.807) is 42.7 Å². The molecule has 11 heteroatoms. The maximum Gasteiger partial charge on any atom is 0.503 e. The Morgan fingerprint density at radius 1 is 0.700 bits per heavy atom. The molecule has 2 atom stereocenters. The van der Waals surface area contributed by atoms with Crippen LogP contribution in [0.25, 0.3) is 0 Å². The molecular weight excluding hydrogens is 426 g/mol. The predicted molar refractivity (Wildman–Crippen MR) is 119 cm³/mol. The van der Waals surface area contributed by atoms with Gasteiger partial charge in [-0.1, -0.05) is 13.8 Å². The average Bonchev–Trinajstić information content (AvgIpc) is 2.78. The minimum atomic E-state index is -2.69. The third-order valence-corrected chi connectivity index (χ3v) is 12.2. The van der Waals surface area contributed by atoms with Crippen LogP contribution >= 0.6 is 0 Å². The maximum absolute atomic E-state index is 11.5. The molecule has 9 nitrogen and oxygen atoms in total. The van der Waals surface area contributed by atoms with Crippen LogP contribution in [-0.2, 0) is 36.1 Å². The molecule has 0 bridgehead atoms.